The van der Waals surface area contributed by atoms with Gasteiger partial charge < -0.3 is 4.74 Å². The number of fused-ring (bicyclic) bond motifs is 1. The monoisotopic (exact) mass is 189 g/mol. The maximum atomic E-state index is 11.4. The third-order valence-electron chi connectivity index (χ3n) is 2.17. The molecule has 0 saturated heterocycles. The molecular weight excluding hydrogens is 182 g/mol. The molecule has 1 aliphatic rings. The number of carbonyl (C=O) groups excluding carboxylic acids is 1. The number of esters is 1. The average Bonchev–Trinajstić information content (AvgIpc) is 2.41. The highest BCUT2D eigenvalue weighted by Crippen LogP contribution is 2.37. The molecule has 14 heavy (non-hydrogen) atoms. The van der Waals surface area contributed by atoms with Crippen molar-refractivity contribution in [3.63, 3.8) is 0 Å². The molecule has 0 saturated carbocycles. The zero-order valence-electron chi connectivity index (χ0n) is 7.47. The quantitative estimate of drug-likeness (QED) is 0.294. The number of azide groups is 1. The molecule has 1 aromatic carbocycles. The van der Waals surface area contributed by atoms with Crippen molar-refractivity contribution in [1.82, 2.24) is 0 Å². The third kappa shape index (κ3) is 1.03. The minimum absolute atomic E-state index is 0.449. The Morgan fingerprint density at radius 3 is 2.93 bits per heavy atom. The van der Waals surface area contributed by atoms with Crippen molar-refractivity contribution in [3.8, 4) is 0 Å². The van der Waals surface area contributed by atoms with E-state index >= 15 is 0 Å². The Morgan fingerprint density at radius 1 is 1.50 bits per heavy atom. The van der Waals surface area contributed by atoms with Crippen molar-refractivity contribution in [3.05, 3.63) is 45.8 Å². The van der Waals surface area contributed by atoms with Crippen LogP contribution in [0.15, 0.2) is 29.4 Å². The van der Waals surface area contributed by atoms with E-state index in [9.17, 15) is 4.79 Å². The first kappa shape index (κ1) is 8.59. The number of hydrogen-bond acceptors (Lipinski definition) is 3. The first-order valence-corrected chi connectivity index (χ1v) is 4.06. The van der Waals surface area contributed by atoms with Crippen LogP contribution in [0.25, 0.3) is 10.4 Å². The van der Waals surface area contributed by atoms with Gasteiger partial charge in [0.1, 0.15) is 0 Å². The summed E-state index contributed by atoms with van der Waals surface area (Å²) in [7, 11) is 0. The summed E-state index contributed by atoms with van der Waals surface area (Å²) in [5, 5.41) is 3.48. The molecule has 0 spiro atoms. The van der Waals surface area contributed by atoms with Crippen molar-refractivity contribution in [2.75, 3.05) is 0 Å². The Balaban J connectivity index is 2.64. The fraction of sp³-hybridized carbons (Fsp3) is 0.222. The van der Waals surface area contributed by atoms with E-state index < -0.39 is 11.7 Å². The summed E-state index contributed by atoms with van der Waals surface area (Å²) in [6.45, 7) is 1.57. The Labute approximate surface area is 79.9 Å². The molecule has 0 radical (unpaired) electrons. The fourth-order valence-corrected chi connectivity index (χ4v) is 1.52. The van der Waals surface area contributed by atoms with Crippen LogP contribution in [0.5, 0.6) is 0 Å². The molecule has 70 valence electrons. The Bertz CT molecular complexity index is 451. The Morgan fingerprint density at radius 2 is 2.21 bits per heavy atom. The molecule has 0 aromatic heterocycles. The highest BCUT2D eigenvalue weighted by molar-refractivity contribution is 5.94. The zero-order chi connectivity index (χ0) is 10.2. The van der Waals surface area contributed by atoms with Crippen LogP contribution in [-0.4, -0.2) is 5.97 Å². The van der Waals surface area contributed by atoms with Crippen LogP contribution in [0.1, 0.15) is 22.8 Å². The van der Waals surface area contributed by atoms with Crippen molar-refractivity contribution in [2.24, 2.45) is 5.11 Å². The topological polar surface area (TPSA) is 75.1 Å². The molecule has 1 aromatic rings. The summed E-state index contributed by atoms with van der Waals surface area (Å²) in [4.78, 5) is 14.0. The number of benzene rings is 1. The van der Waals surface area contributed by atoms with Gasteiger partial charge in [0, 0.05) is 10.5 Å². The second kappa shape index (κ2) is 2.75. The highest BCUT2D eigenvalue weighted by Gasteiger charge is 2.40. The van der Waals surface area contributed by atoms with Crippen LogP contribution in [0.3, 0.4) is 0 Å². The van der Waals surface area contributed by atoms with Crippen LogP contribution in [0.4, 0.5) is 0 Å². The van der Waals surface area contributed by atoms with Gasteiger partial charge in [0.15, 0.2) is 0 Å². The molecular formula is C9H7N3O2. The van der Waals surface area contributed by atoms with Crippen molar-refractivity contribution in [1.29, 1.82) is 0 Å². The minimum atomic E-state index is -1.19. The second-order valence-electron chi connectivity index (χ2n) is 3.11. The summed E-state index contributed by atoms with van der Waals surface area (Å²) >= 11 is 0. The number of carbonyl (C=O) groups is 1. The van der Waals surface area contributed by atoms with Gasteiger partial charge in [0.25, 0.3) is 0 Å². The molecule has 0 N–H and O–H groups in total. The minimum Gasteiger partial charge on any atom is -0.445 e. The largest absolute Gasteiger partial charge is 0.445 e. The molecule has 1 unspecified atom stereocenters. The van der Waals surface area contributed by atoms with Gasteiger partial charge in [-0.25, -0.2) is 4.79 Å². The van der Waals surface area contributed by atoms with E-state index in [-0.39, 0.29) is 0 Å². The lowest BCUT2D eigenvalue weighted by atomic mass is 10.0. The van der Waals surface area contributed by atoms with Gasteiger partial charge in [0.2, 0.25) is 5.72 Å². The molecule has 1 heterocycles. The molecule has 1 atom stereocenters. The van der Waals surface area contributed by atoms with Crippen molar-refractivity contribution in [2.45, 2.75) is 12.6 Å². The van der Waals surface area contributed by atoms with Crippen LogP contribution in [0.2, 0.25) is 0 Å². The molecule has 1 aliphatic heterocycles. The van der Waals surface area contributed by atoms with E-state index in [2.05, 4.69) is 10.0 Å². The van der Waals surface area contributed by atoms with Gasteiger partial charge in [0.05, 0.1) is 5.56 Å². The van der Waals surface area contributed by atoms with Gasteiger partial charge in [-0.2, -0.15) is 0 Å². The van der Waals surface area contributed by atoms with Crippen LogP contribution < -0.4 is 0 Å². The van der Waals surface area contributed by atoms with Crippen LogP contribution in [0, 0.1) is 0 Å². The molecule has 0 amide bonds. The lowest BCUT2D eigenvalue weighted by molar-refractivity contribution is 0.00424. The van der Waals surface area contributed by atoms with Gasteiger partial charge >= 0.3 is 5.97 Å². The number of nitrogens with zero attached hydrogens (tertiary/aromatic N) is 3. The smallest absolute Gasteiger partial charge is 0.339 e. The summed E-state index contributed by atoms with van der Waals surface area (Å²) in [6.07, 6.45) is 0. The average molecular weight is 189 g/mol. The summed E-state index contributed by atoms with van der Waals surface area (Å²) < 4.78 is 5.00. The Kier molecular flexibility index (Phi) is 1.69. The van der Waals surface area contributed by atoms with Gasteiger partial charge in [-0.05, 0) is 23.6 Å². The number of ether oxygens (including phenoxy) is 1. The first-order valence-electron chi connectivity index (χ1n) is 4.06. The van der Waals surface area contributed by atoms with E-state index in [1.165, 1.54) is 0 Å². The van der Waals surface area contributed by atoms with Crippen LogP contribution in [-0.2, 0) is 10.5 Å². The molecule has 0 bridgehead atoms. The maximum Gasteiger partial charge on any atom is 0.339 e. The predicted octanol–water partition coefficient (Wildman–Crippen LogP) is 2.34. The first-order chi connectivity index (χ1) is 6.67. The van der Waals surface area contributed by atoms with E-state index in [1.807, 2.05) is 0 Å². The summed E-state index contributed by atoms with van der Waals surface area (Å²) in [6, 6.07) is 6.87. The maximum absolute atomic E-state index is 11.4. The number of rotatable bonds is 1. The molecule has 0 aliphatic carbocycles. The van der Waals surface area contributed by atoms with E-state index in [1.54, 1.807) is 31.2 Å². The second-order valence-corrected chi connectivity index (χ2v) is 3.11. The van der Waals surface area contributed by atoms with Gasteiger partial charge in [-0.1, -0.05) is 18.2 Å². The molecule has 0 fully saturated rings. The van der Waals surface area contributed by atoms with Gasteiger partial charge in [-0.3, -0.25) is 0 Å². The number of hydrogen-bond donors (Lipinski definition) is 0. The molecule has 2 rings (SSSR count). The highest BCUT2D eigenvalue weighted by atomic mass is 16.6. The van der Waals surface area contributed by atoms with Crippen molar-refractivity contribution >= 4 is 5.97 Å². The third-order valence-corrected chi connectivity index (χ3v) is 2.17. The Hall–Kier alpha value is -2.00. The normalized spacial score (nSPS) is 23.6. The lowest BCUT2D eigenvalue weighted by Gasteiger charge is -2.16. The number of cyclic esters (lactones) is 1. The zero-order valence-corrected chi connectivity index (χ0v) is 7.47. The van der Waals surface area contributed by atoms with Crippen molar-refractivity contribution < 1.29 is 9.53 Å². The van der Waals surface area contributed by atoms with Crippen LogP contribution >= 0.6 is 0 Å². The van der Waals surface area contributed by atoms with E-state index in [4.69, 9.17) is 10.3 Å². The standard InChI is InChI=1S/C9H7N3O2/c1-9(11-12-10)7-5-3-2-4-6(7)8(13)14-9/h2-5H,1H3. The fourth-order valence-electron chi connectivity index (χ4n) is 1.52. The van der Waals surface area contributed by atoms with E-state index in [0.717, 1.165) is 0 Å². The van der Waals surface area contributed by atoms with Gasteiger partial charge in [-0.15, -0.1) is 0 Å². The lowest BCUT2D eigenvalue weighted by Crippen LogP contribution is -2.17. The summed E-state index contributed by atoms with van der Waals surface area (Å²) in [5.74, 6) is -0.449. The van der Waals surface area contributed by atoms with E-state index in [0.29, 0.717) is 11.1 Å². The molecule has 5 heteroatoms. The summed E-state index contributed by atoms with van der Waals surface area (Å²) in [5.41, 5.74) is 8.25. The predicted molar refractivity (Wildman–Crippen MR) is 48.4 cm³/mol. The SMILES string of the molecule is CC1(N=[N+]=[N-])OC(=O)c2ccccc21. The molecule has 5 nitrogen and oxygen atoms in total.